The number of unbranched alkanes of at least 4 members (excludes halogenated alkanes) is 14. The monoisotopic (exact) mass is 938 g/mol. The van der Waals surface area contributed by atoms with Gasteiger partial charge < -0.3 is 19.8 Å². The second-order valence-electron chi connectivity index (χ2n) is 18.2. The third-order valence-corrected chi connectivity index (χ3v) is 11.6. The van der Waals surface area contributed by atoms with Crippen LogP contribution in [-0.4, -0.2) is 73.4 Å². The molecule has 0 saturated carbocycles. The van der Waals surface area contributed by atoms with E-state index in [0.717, 1.165) is 109 Å². The van der Waals surface area contributed by atoms with Gasteiger partial charge >= 0.3 is 7.82 Å². The van der Waals surface area contributed by atoms with Crippen molar-refractivity contribution in [2.45, 2.75) is 193 Å². The number of hydrogen-bond donors (Lipinski definition) is 3. The Morgan fingerprint density at radius 1 is 0.530 bits per heavy atom. The lowest BCUT2D eigenvalue weighted by atomic mass is 10.1. The molecule has 0 bridgehead atoms. The lowest BCUT2D eigenvalue weighted by molar-refractivity contribution is -0.870. The van der Waals surface area contributed by atoms with Crippen LogP contribution >= 0.6 is 7.82 Å². The zero-order valence-electron chi connectivity index (χ0n) is 42.6. The number of carbonyl (C=O) groups is 1. The highest BCUT2D eigenvalue weighted by atomic mass is 31.2. The topological polar surface area (TPSA) is 105 Å². The predicted octanol–water partition coefficient (Wildman–Crippen LogP) is 15.4. The van der Waals surface area contributed by atoms with Gasteiger partial charge in [-0.3, -0.25) is 13.8 Å². The van der Waals surface area contributed by atoms with Gasteiger partial charge in [-0.2, -0.15) is 0 Å². The van der Waals surface area contributed by atoms with Gasteiger partial charge in [0.15, 0.2) is 0 Å². The SMILES string of the molecule is CC/C=C\C/C=C\C/C=C\C/C=C\C/C=C\C/C=C\C/C=C\C/C=C\CCCCCCCCC(=O)NC(COP(=O)(O)OCC[N+](C)(C)C)C(O)/C=C/CC/C=C/CCCCCCCCC. The van der Waals surface area contributed by atoms with E-state index in [1.165, 1.54) is 51.4 Å². The van der Waals surface area contributed by atoms with Gasteiger partial charge in [-0.15, -0.1) is 0 Å². The number of nitrogens with zero attached hydrogens (tertiary/aromatic N) is 1. The molecule has 0 spiro atoms. The number of allylic oxidation sites excluding steroid dienone is 19. The van der Waals surface area contributed by atoms with Gasteiger partial charge in [0.2, 0.25) is 5.91 Å². The van der Waals surface area contributed by atoms with Crippen LogP contribution in [0, 0.1) is 0 Å². The molecule has 0 aromatic carbocycles. The largest absolute Gasteiger partial charge is 0.472 e. The summed E-state index contributed by atoms with van der Waals surface area (Å²) in [5.74, 6) is -0.209. The zero-order valence-corrected chi connectivity index (χ0v) is 43.5. The third kappa shape index (κ3) is 48.8. The molecule has 3 unspecified atom stereocenters. The van der Waals surface area contributed by atoms with E-state index in [2.05, 4.69) is 129 Å². The maximum Gasteiger partial charge on any atom is 0.472 e. The Morgan fingerprint density at radius 3 is 1.39 bits per heavy atom. The number of hydrogen-bond acceptors (Lipinski definition) is 5. The molecule has 8 nitrogen and oxygen atoms in total. The standard InChI is InChI=1S/C57H97N2O6P/c1-6-8-10-12-14-16-18-20-21-22-23-24-25-26-27-28-29-30-31-32-33-34-35-36-37-39-41-43-45-47-49-51-57(61)58-55(54-65-66(62,63)64-53-52-59(3,4)5)56(60)50-48-46-44-42-40-38-19-17-15-13-11-9-7-2/h8,10,14,16,20-21,23-24,26-27,29-30,32-33,35-36,40,42,48,50,55-56,60H,6-7,9,11-13,15,17-19,22,25,28,31,34,37-39,41,43-47,49,51-54H2,1-5H3,(H-,58,61,62,63)/p+1/b10-8-,16-14-,21-20-,24-23-,27-26-,30-29-,33-32-,36-35-,42-40+,50-48+. The number of carbonyl (C=O) groups excluding carboxylic acids is 1. The summed E-state index contributed by atoms with van der Waals surface area (Å²) in [6, 6.07) is -0.879. The first-order valence-corrected chi connectivity index (χ1v) is 27.4. The highest BCUT2D eigenvalue weighted by Crippen LogP contribution is 2.43. The quantitative estimate of drug-likeness (QED) is 0.0243. The van der Waals surface area contributed by atoms with Crippen molar-refractivity contribution in [2.24, 2.45) is 0 Å². The van der Waals surface area contributed by atoms with Crippen LogP contribution in [0.3, 0.4) is 0 Å². The summed E-state index contributed by atoms with van der Waals surface area (Å²) in [6.07, 6.45) is 70.0. The molecule has 0 aliphatic rings. The molecule has 9 heteroatoms. The molecule has 0 heterocycles. The predicted molar refractivity (Wildman–Crippen MR) is 285 cm³/mol. The summed E-state index contributed by atoms with van der Waals surface area (Å²) in [6.45, 7) is 4.63. The van der Waals surface area contributed by atoms with E-state index in [9.17, 15) is 19.4 Å². The van der Waals surface area contributed by atoms with Crippen LogP contribution in [-0.2, 0) is 18.4 Å². The molecule has 0 radical (unpaired) electrons. The number of aliphatic hydroxyl groups is 1. The molecule has 0 aliphatic heterocycles. The number of aliphatic hydroxyl groups excluding tert-OH is 1. The highest BCUT2D eigenvalue weighted by Gasteiger charge is 2.27. The fourth-order valence-corrected chi connectivity index (χ4v) is 7.34. The number of phosphoric ester groups is 1. The highest BCUT2D eigenvalue weighted by molar-refractivity contribution is 7.47. The molecular weight excluding hydrogens is 840 g/mol. The second-order valence-corrected chi connectivity index (χ2v) is 19.6. The van der Waals surface area contributed by atoms with Crippen LogP contribution in [0.25, 0.3) is 0 Å². The summed E-state index contributed by atoms with van der Waals surface area (Å²) in [7, 11) is 1.52. The minimum atomic E-state index is -4.36. The average molecular weight is 938 g/mol. The van der Waals surface area contributed by atoms with Gasteiger partial charge in [0.25, 0.3) is 0 Å². The summed E-state index contributed by atoms with van der Waals surface area (Å²) in [4.78, 5) is 23.2. The van der Waals surface area contributed by atoms with E-state index in [4.69, 9.17) is 9.05 Å². The molecule has 66 heavy (non-hydrogen) atoms. The summed E-state index contributed by atoms with van der Waals surface area (Å²) in [5.41, 5.74) is 0. The van der Waals surface area contributed by atoms with Crippen LogP contribution in [0.5, 0.6) is 0 Å². The Bertz CT molecular complexity index is 1480. The number of amides is 1. The smallest absolute Gasteiger partial charge is 0.387 e. The number of quaternary nitrogens is 1. The fourth-order valence-electron chi connectivity index (χ4n) is 6.60. The van der Waals surface area contributed by atoms with Crippen molar-refractivity contribution in [1.82, 2.24) is 5.32 Å². The molecule has 3 N–H and O–H groups in total. The molecule has 0 rings (SSSR count). The molecule has 0 saturated heterocycles. The Morgan fingerprint density at radius 2 is 0.924 bits per heavy atom. The van der Waals surface area contributed by atoms with E-state index in [0.29, 0.717) is 17.4 Å². The lowest BCUT2D eigenvalue weighted by Gasteiger charge is -2.25. The first-order valence-electron chi connectivity index (χ1n) is 25.9. The second kappa shape index (κ2) is 47.0. The van der Waals surface area contributed by atoms with Crippen molar-refractivity contribution >= 4 is 13.7 Å². The first kappa shape index (κ1) is 62.9. The number of likely N-dealkylation sites (N-methyl/N-ethyl adjacent to an activating group) is 1. The number of nitrogens with one attached hydrogen (secondary N) is 1. The van der Waals surface area contributed by atoms with Crippen molar-refractivity contribution in [2.75, 3.05) is 40.9 Å². The van der Waals surface area contributed by atoms with Gasteiger partial charge in [0.1, 0.15) is 13.2 Å². The Hall–Kier alpha value is -3.10. The average Bonchev–Trinajstić information content (AvgIpc) is 3.28. The molecule has 0 aromatic heterocycles. The van der Waals surface area contributed by atoms with Crippen LogP contribution < -0.4 is 5.32 Å². The van der Waals surface area contributed by atoms with Gasteiger partial charge in [-0.05, 0) is 96.3 Å². The van der Waals surface area contributed by atoms with Crippen LogP contribution in [0.2, 0.25) is 0 Å². The van der Waals surface area contributed by atoms with Crippen molar-refractivity contribution in [3.8, 4) is 0 Å². The molecule has 1 amide bonds. The normalized spacial score (nSPS) is 15.1. The van der Waals surface area contributed by atoms with Gasteiger partial charge in [0.05, 0.1) is 39.9 Å². The molecule has 0 fully saturated rings. The van der Waals surface area contributed by atoms with E-state index < -0.39 is 20.0 Å². The number of rotatable bonds is 45. The lowest BCUT2D eigenvalue weighted by Crippen LogP contribution is -2.45. The van der Waals surface area contributed by atoms with Crippen molar-refractivity contribution < 1.29 is 32.9 Å². The Labute approximate surface area is 405 Å². The maximum absolute atomic E-state index is 12.9. The van der Waals surface area contributed by atoms with E-state index in [-0.39, 0.29) is 19.1 Å². The van der Waals surface area contributed by atoms with Crippen LogP contribution in [0.4, 0.5) is 0 Å². The minimum absolute atomic E-state index is 0.0460. The van der Waals surface area contributed by atoms with Crippen LogP contribution in [0.1, 0.15) is 181 Å². The maximum atomic E-state index is 12.9. The minimum Gasteiger partial charge on any atom is -0.387 e. The third-order valence-electron chi connectivity index (χ3n) is 10.7. The molecular formula is C57H98N2O6P+. The van der Waals surface area contributed by atoms with Gasteiger partial charge in [0, 0.05) is 6.42 Å². The van der Waals surface area contributed by atoms with Gasteiger partial charge in [-0.1, -0.05) is 200 Å². The van der Waals surface area contributed by atoms with Crippen LogP contribution in [0.15, 0.2) is 122 Å². The molecule has 3 atom stereocenters. The van der Waals surface area contributed by atoms with E-state index >= 15 is 0 Å². The van der Waals surface area contributed by atoms with E-state index in [1.807, 2.05) is 27.2 Å². The Balaban J connectivity index is 4.31. The van der Waals surface area contributed by atoms with Crippen molar-refractivity contribution in [1.29, 1.82) is 0 Å². The van der Waals surface area contributed by atoms with Crippen molar-refractivity contribution in [3.05, 3.63) is 122 Å². The summed E-state index contributed by atoms with van der Waals surface area (Å²) < 4.78 is 23.6. The fraction of sp³-hybridized carbons (Fsp3) is 0.632. The molecule has 0 aliphatic carbocycles. The van der Waals surface area contributed by atoms with Gasteiger partial charge in [-0.25, -0.2) is 4.57 Å². The van der Waals surface area contributed by atoms with Crippen molar-refractivity contribution in [3.63, 3.8) is 0 Å². The summed E-state index contributed by atoms with van der Waals surface area (Å²) >= 11 is 0. The molecule has 0 aromatic rings. The first-order chi connectivity index (χ1) is 32.0. The molecule has 376 valence electrons. The number of phosphoric acid groups is 1. The Kier molecular flexibility index (Phi) is 44.8. The summed E-state index contributed by atoms with van der Waals surface area (Å²) in [5, 5.41) is 13.8. The zero-order chi connectivity index (χ0) is 48.5. The van der Waals surface area contributed by atoms with E-state index in [1.54, 1.807) is 6.08 Å².